The van der Waals surface area contributed by atoms with E-state index in [-0.39, 0.29) is 17.3 Å². The fourth-order valence-electron chi connectivity index (χ4n) is 1.23. The second kappa shape index (κ2) is 5.89. The maximum absolute atomic E-state index is 10.7. The summed E-state index contributed by atoms with van der Waals surface area (Å²) in [6.07, 6.45) is 4.10. The molecule has 6 heteroatoms. The number of nitrogens with zero attached hydrogens (tertiary/aromatic N) is 2. The van der Waals surface area contributed by atoms with Gasteiger partial charge in [0.25, 0.3) is 0 Å². The highest BCUT2D eigenvalue weighted by Crippen LogP contribution is 2.27. The zero-order valence-electron chi connectivity index (χ0n) is 9.18. The van der Waals surface area contributed by atoms with Crippen LogP contribution in [0.5, 0.6) is 5.75 Å². The van der Waals surface area contributed by atoms with Crippen molar-refractivity contribution < 1.29 is 9.66 Å². The van der Waals surface area contributed by atoms with Gasteiger partial charge in [-0.3, -0.25) is 10.1 Å². The molecule has 0 aliphatic carbocycles. The van der Waals surface area contributed by atoms with Gasteiger partial charge in [-0.2, -0.15) is 0 Å². The van der Waals surface area contributed by atoms with Crippen LogP contribution in [-0.2, 0) is 0 Å². The second-order valence-corrected chi connectivity index (χ2v) is 3.39. The van der Waals surface area contributed by atoms with Gasteiger partial charge in [0.2, 0.25) is 5.75 Å². The lowest BCUT2D eigenvalue weighted by Crippen LogP contribution is -2.02. The zero-order chi connectivity index (χ0) is 12.0. The number of anilines is 1. The van der Waals surface area contributed by atoms with Crippen LogP contribution in [0, 0.1) is 10.1 Å². The number of rotatable bonds is 6. The number of unbranched alkanes of at least 4 members (excludes halogenated alkanes) is 2. The lowest BCUT2D eigenvalue weighted by Gasteiger charge is -2.06. The van der Waals surface area contributed by atoms with Crippen molar-refractivity contribution in [2.75, 3.05) is 12.3 Å². The van der Waals surface area contributed by atoms with Gasteiger partial charge in [0, 0.05) is 6.07 Å². The molecule has 0 fully saturated rings. The number of nitrogens with two attached hydrogens (primary N) is 1. The quantitative estimate of drug-likeness (QED) is 0.455. The first kappa shape index (κ1) is 12.2. The highest BCUT2D eigenvalue weighted by molar-refractivity contribution is 5.50. The first-order valence-electron chi connectivity index (χ1n) is 5.18. The molecule has 1 heterocycles. The Hall–Kier alpha value is -1.85. The Bertz CT molecular complexity index is 368. The van der Waals surface area contributed by atoms with Crippen molar-refractivity contribution in [2.24, 2.45) is 0 Å². The second-order valence-electron chi connectivity index (χ2n) is 3.39. The minimum Gasteiger partial charge on any atom is -0.487 e. The highest BCUT2D eigenvalue weighted by Gasteiger charge is 2.15. The highest BCUT2D eigenvalue weighted by atomic mass is 16.6. The standard InChI is InChI=1S/C10H15N3O3/c1-2-3-4-5-16-9-6-10(11)12-7-8(9)13(14)15/h6-7H,2-5H2,1H3,(H2,11,12). The minimum atomic E-state index is -0.526. The molecule has 0 atom stereocenters. The van der Waals surface area contributed by atoms with Crippen LogP contribution in [0.2, 0.25) is 0 Å². The number of pyridine rings is 1. The van der Waals surface area contributed by atoms with Crippen molar-refractivity contribution in [1.29, 1.82) is 0 Å². The van der Waals surface area contributed by atoms with Gasteiger partial charge in [0.1, 0.15) is 12.0 Å². The lowest BCUT2D eigenvalue weighted by molar-refractivity contribution is -0.386. The van der Waals surface area contributed by atoms with Gasteiger partial charge in [-0.1, -0.05) is 19.8 Å². The van der Waals surface area contributed by atoms with E-state index in [0.29, 0.717) is 6.61 Å². The van der Waals surface area contributed by atoms with Gasteiger partial charge >= 0.3 is 5.69 Å². The van der Waals surface area contributed by atoms with E-state index in [0.717, 1.165) is 25.5 Å². The molecule has 0 amide bonds. The predicted molar refractivity (Wildman–Crippen MR) is 60.3 cm³/mol. The third-order valence-corrected chi connectivity index (χ3v) is 2.07. The molecule has 1 aromatic heterocycles. The molecule has 0 aliphatic heterocycles. The van der Waals surface area contributed by atoms with Crippen molar-refractivity contribution in [2.45, 2.75) is 26.2 Å². The molecular weight excluding hydrogens is 210 g/mol. The number of hydrogen-bond donors (Lipinski definition) is 1. The monoisotopic (exact) mass is 225 g/mol. The Balaban J connectivity index is 2.68. The van der Waals surface area contributed by atoms with Crippen LogP contribution in [0.3, 0.4) is 0 Å². The number of nitro groups is 1. The largest absolute Gasteiger partial charge is 0.487 e. The maximum atomic E-state index is 10.7. The minimum absolute atomic E-state index is 0.148. The van der Waals surface area contributed by atoms with Crippen molar-refractivity contribution >= 4 is 11.5 Å². The molecule has 0 saturated carbocycles. The summed E-state index contributed by atoms with van der Waals surface area (Å²) >= 11 is 0. The normalized spacial score (nSPS) is 10.1. The smallest absolute Gasteiger partial charge is 0.329 e. The van der Waals surface area contributed by atoms with Gasteiger partial charge in [0.05, 0.1) is 11.5 Å². The molecule has 16 heavy (non-hydrogen) atoms. The summed E-state index contributed by atoms with van der Waals surface area (Å²) in [4.78, 5) is 13.8. The van der Waals surface area contributed by atoms with Gasteiger partial charge in [-0.25, -0.2) is 4.98 Å². The Morgan fingerprint density at radius 1 is 1.56 bits per heavy atom. The molecular formula is C10H15N3O3. The first-order chi connectivity index (χ1) is 7.65. The van der Waals surface area contributed by atoms with E-state index in [4.69, 9.17) is 10.5 Å². The summed E-state index contributed by atoms with van der Waals surface area (Å²) in [7, 11) is 0. The first-order valence-corrected chi connectivity index (χ1v) is 5.18. The number of ether oxygens (including phenoxy) is 1. The van der Waals surface area contributed by atoms with E-state index in [2.05, 4.69) is 11.9 Å². The van der Waals surface area contributed by atoms with E-state index in [1.54, 1.807) is 0 Å². The molecule has 0 aliphatic rings. The van der Waals surface area contributed by atoms with Crippen LogP contribution in [0.25, 0.3) is 0 Å². The fourth-order valence-corrected chi connectivity index (χ4v) is 1.23. The molecule has 0 radical (unpaired) electrons. The summed E-state index contributed by atoms with van der Waals surface area (Å²) < 4.78 is 5.32. The molecule has 2 N–H and O–H groups in total. The number of aromatic nitrogens is 1. The molecule has 88 valence electrons. The van der Waals surface area contributed by atoms with Crippen molar-refractivity contribution in [3.8, 4) is 5.75 Å². The van der Waals surface area contributed by atoms with Gasteiger partial charge in [-0.15, -0.1) is 0 Å². The Morgan fingerprint density at radius 3 is 2.94 bits per heavy atom. The van der Waals surface area contributed by atoms with Crippen molar-refractivity contribution in [3.05, 3.63) is 22.4 Å². The number of nitrogen functional groups attached to an aromatic ring is 1. The summed E-state index contributed by atoms with van der Waals surface area (Å²) in [6, 6.07) is 1.38. The summed E-state index contributed by atoms with van der Waals surface area (Å²) in [5.41, 5.74) is 5.30. The third kappa shape index (κ3) is 3.38. The van der Waals surface area contributed by atoms with Crippen LogP contribution >= 0.6 is 0 Å². The van der Waals surface area contributed by atoms with Crippen LogP contribution in [0.15, 0.2) is 12.3 Å². The molecule has 1 rings (SSSR count). The van der Waals surface area contributed by atoms with E-state index in [9.17, 15) is 10.1 Å². The summed E-state index contributed by atoms with van der Waals surface area (Å²) in [6.45, 7) is 2.53. The maximum Gasteiger partial charge on any atom is 0.329 e. The molecule has 0 bridgehead atoms. The van der Waals surface area contributed by atoms with E-state index in [1.165, 1.54) is 6.07 Å². The van der Waals surface area contributed by atoms with Crippen molar-refractivity contribution in [3.63, 3.8) is 0 Å². The average molecular weight is 225 g/mol. The average Bonchev–Trinajstić information content (AvgIpc) is 2.24. The number of hydrogen-bond acceptors (Lipinski definition) is 5. The Labute approximate surface area is 93.6 Å². The van der Waals surface area contributed by atoms with Gasteiger partial charge < -0.3 is 10.5 Å². The van der Waals surface area contributed by atoms with E-state index < -0.39 is 4.92 Å². The Kier molecular flexibility index (Phi) is 4.50. The van der Waals surface area contributed by atoms with Crippen LogP contribution in [0.1, 0.15) is 26.2 Å². The van der Waals surface area contributed by atoms with Crippen LogP contribution in [0.4, 0.5) is 11.5 Å². The summed E-state index contributed by atoms with van der Waals surface area (Å²) in [5, 5.41) is 10.7. The molecule has 1 aromatic rings. The van der Waals surface area contributed by atoms with Gasteiger partial charge in [-0.05, 0) is 6.42 Å². The predicted octanol–water partition coefficient (Wildman–Crippen LogP) is 2.14. The molecule has 0 aromatic carbocycles. The van der Waals surface area contributed by atoms with E-state index >= 15 is 0 Å². The molecule has 0 spiro atoms. The topological polar surface area (TPSA) is 91.3 Å². The summed E-state index contributed by atoms with van der Waals surface area (Å²) in [5.74, 6) is 0.407. The van der Waals surface area contributed by atoms with Crippen LogP contribution < -0.4 is 10.5 Å². The lowest BCUT2D eigenvalue weighted by atomic mass is 10.3. The van der Waals surface area contributed by atoms with Gasteiger partial charge in [0.15, 0.2) is 0 Å². The Morgan fingerprint density at radius 2 is 2.31 bits per heavy atom. The zero-order valence-corrected chi connectivity index (χ0v) is 9.18. The molecule has 6 nitrogen and oxygen atoms in total. The molecule has 0 saturated heterocycles. The molecule has 0 unspecified atom stereocenters. The van der Waals surface area contributed by atoms with Crippen molar-refractivity contribution in [1.82, 2.24) is 4.98 Å². The SMILES string of the molecule is CCCCCOc1cc(N)ncc1[N+](=O)[O-]. The third-order valence-electron chi connectivity index (χ3n) is 2.07. The van der Waals surface area contributed by atoms with Crippen LogP contribution in [-0.4, -0.2) is 16.5 Å². The van der Waals surface area contributed by atoms with E-state index in [1.807, 2.05) is 0 Å². The fraction of sp³-hybridized carbons (Fsp3) is 0.500.